The van der Waals surface area contributed by atoms with Crippen molar-refractivity contribution < 1.29 is 19.7 Å². The maximum Gasteiger partial charge on any atom is 0.147 e. The largest absolute Gasteiger partial charge is 0.393 e. The minimum Gasteiger partial charge on any atom is -0.393 e. The van der Waals surface area contributed by atoms with Crippen molar-refractivity contribution in [2.45, 2.75) is 71.2 Å². The fourth-order valence-corrected chi connectivity index (χ4v) is 2.17. The summed E-state index contributed by atoms with van der Waals surface area (Å²) in [6.07, 6.45) is -1.12. The SMILES string of the molecule is CC(C)[C@H](O)C[C@H](O)[C@@H](C)OCOCC[Si](C)(C)C. The highest BCUT2D eigenvalue weighted by atomic mass is 28.3. The summed E-state index contributed by atoms with van der Waals surface area (Å²) < 4.78 is 10.9. The van der Waals surface area contributed by atoms with Crippen LogP contribution < -0.4 is 0 Å². The number of ether oxygens (including phenoxy) is 2. The van der Waals surface area contributed by atoms with Crippen LogP contribution >= 0.6 is 0 Å². The Bertz CT molecular complexity index is 228. The van der Waals surface area contributed by atoms with E-state index < -0.39 is 20.3 Å². The molecule has 0 aromatic rings. The topological polar surface area (TPSA) is 58.9 Å². The van der Waals surface area contributed by atoms with E-state index in [0.717, 1.165) is 6.04 Å². The van der Waals surface area contributed by atoms with Gasteiger partial charge in [0.05, 0.1) is 18.3 Å². The molecule has 0 aliphatic rings. The zero-order valence-corrected chi connectivity index (χ0v) is 14.3. The Balaban J connectivity index is 3.71. The minimum absolute atomic E-state index is 0.148. The molecule has 0 saturated heterocycles. The van der Waals surface area contributed by atoms with Crippen LogP contribution in [-0.4, -0.2) is 50.0 Å². The van der Waals surface area contributed by atoms with E-state index >= 15 is 0 Å². The Kier molecular flexibility index (Phi) is 9.10. The summed E-state index contributed by atoms with van der Waals surface area (Å²) in [7, 11) is -1.05. The van der Waals surface area contributed by atoms with Crippen molar-refractivity contribution in [2.24, 2.45) is 5.92 Å². The first kappa shape index (κ1) is 19.1. The van der Waals surface area contributed by atoms with Gasteiger partial charge in [-0.15, -0.1) is 0 Å². The smallest absolute Gasteiger partial charge is 0.147 e. The first-order chi connectivity index (χ1) is 8.63. The normalized spacial score (nSPS) is 17.5. The summed E-state index contributed by atoms with van der Waals surface area (Å²) in [6, 6.07) is 1.11. The van der Waals surface area contributed by atoms with Gasteiger partial charge in [-0.3, -0.25) is 0 Å². The molecule has 0 heterocycles. The van der Waals surface area contributed by atoms with Gasteiger partial charge in [0.2, 0.25) is 0 Å². The first-order valence-electron chi connectivity index (χ1n) is 7.19. The van der Waals surface area contributed by atoms with E-state index in [4.69, 9.17) is 9.47 Å². The molecular formula is C14H32O4Si. The molecule has 4 nitrogen and oxygen atoms in total. The van der Waals surface area contributed by atoms with Gasteiger partial charge in [0.25, 0.3) is 0 Å². The molecule has 0 unspecified atom stereocenters. The van der Waals surface area contributed by atoms with E-state index in [0.29, 0.717) is 13.0 Å². The van der Waals surface area contributed by atoms with Crippen molar-refractivity contribution in [3.05, 3.63) is 0 Å². The van der Waals surface area contributed by atoms with Crippen LogP contribution in [0, 0.1) is 5.92 Å². The van der Waals surface area contributed by atoms with Gasteiger partial charge in [0.15, 0.2) is 0 Å². The van der Waals surface area contributed by atoms with Crippen LogP contribution in [0.1, 0.15) is 27.2 Å². The molecule has 5 heteroatoms. The van der Waals surface area contributed by atoms with Crippen molar-refractivity contribution >= 4 is 8.07 Å². The molecule has 0 radical (unpaired) electrons. The van der Waals surface area contributed by atoms with Crippen molar-refractivity contribution in [1.82, 2.24) is 0 Å². The Labute approximate surface area is 119 Å². The van der Waals surface area contributed by atoms with E-state index in [1.165, 1.54) is 0 Å². The number of hydrogen-bond acceptors (Lipinski definition) is 4. The highest BCUT2D eigenvalue weighted by Gasteiger charge is 2.21. The third-order valence-electron chi connectivity index (χ3n) is 3.21. The van der Waals surface area contributed by atoms with Crippen LogP contribution in [0.25, 0.3) is 0 Å². The van der Waals surface area contributed by atoms with Gasteiger partial charge in [-0.1, -0.05) is 33.5 Å². The van der Waals surface area contributed by atoms with E-state index in [2.05, 4.69) is 19.6 Å². The van der Waals surface area contributed by atoms with Crippen LogP contribution in [0.4, 0.5) is 0 Å². The molecule has 0 aliphatic carbocycles. The summed E-state index contributed by atoms with van der Waals surface area (Å²) in [5, 5.41) is 19.6. The molecule has 3 atom stereocenters. The average molecular weight is 292 g/mol. The average Bonchev–Trinajstić information content (AvgIpc) is 2.26. The van der Waals surface area contributed by atoms with E-state index in [9.17, 15) is 10.2 Å². The number of rotatable bonds is 10. The van der Waals surface area contributed by atoms with Crippen LogP contribution in [0.15, 0.2) is 0 Å². The fourth-order valence-electron chi connectivity index (χ4n) is 1.42. The predicted octanol–water partition coefficient (Wildman–Crippen LogP) is 2.47. The minimum atomic E-state index is -1.05. The number of aliphatic hydroxyl groups excluding tert-OH is 2. The lowest BCUT2D eigenvalue weighted by molar-refractivity contribution is -0.122. The lowest BCUT2D eigenvalue weighted by Gasteiger charge is -2.23. The van der Waals surface area contributed by atoms with Crippen LogP contribution in [0.2, 0.25) is 25.7 Å². The zero-order chi connectivity index (χ0) is 15.1. The van der Waals surface area contributed by atoms with Gasteiger partial charge < -0.3 is 19.7 Å². The predicted molar refractivity (Wildman–Crippen MR) is 81.0 cm³/mol. The summed E-state index contributed by atoms with van der Waals surface area (Å²) >= 11 is 0. The second kappa shape index (κ2) is 9.08. The van der Waals surface area contributed by atoms with Crippen molar-refractivity contribution in [3.8, 4) is 0 Å². The molecular weight excluding hydrogens is 260 g/mol. The lowest BCUT2D eigenvalue weighted by atomic mass is 9.99. The fraction of sp³-hybridized carbons (Fsp3) is 1.00. The molecule has 2 N–H and O–H groups in total. The highest BCUT2D eigenvalue weighted by molar-refractivity contribution is 6.76. The molecule has 116 valence electrons. The van der Waals surface area contributed by atoms with Crippen molar-refractivity contribution in [3.63, 3.8) is 0 Å². The van der Waals surface area contributed by atoms with Crippen LogP contribution in [-0.2, 0) is 9.47 Å². The van der Waals surface area contributed by atoms with Gasteiger partial charge in [0, 0.05) is 21.1 Å². The van der Waals surface area contributed by atoms with Gasteiger partial charge in [-0.2, -0.15) is 0 Å². The summed E-state index contributed by atoms with van der Waals surface area (Å²) in [4.78, 5) is 0. The van der Waals surface area contributed by atoms with E-state index in [1.54, 1.807) is 6.92 Å². The van der Waals surface area contributed by atoms with Gasteiger partial charge >= 0.3 is 0 Å². The maximum atomic E-state index is 9.89. The summed E-state index contributed by atoms with van der Waals surface area (Å²) in [6.45, 7) is 13.5. The summed E-state index contributed by atoms with van der Waals surface area (Å²) in [5.74, 6) is 0.148. The van der Waals surface area contributed by atoms with Crippen LogP contribution in [0.5, 0.6) is 0 Å². The molecule has 0 saturated carbocycles. The molecule has 0 bridgehead atoms. The Morgan fingerprint density at radius 2 is 1.58 bits per heavy atom. The quantitative estimate of drug-likeness (QED) is 0.369. The van der Waals surface area contributed by atoms with E-state index in [-0.39, 0.29) is 18.8 Å². The third kappa shape index (κ3) is 10.5. The Hall–Kier alpha value is 0.0569. The van der Waals surface area contributed by atoms with Gasteiger partial charge in [-0.05, 0) is 18.9 Å². The molecule has 0 amide bonds. The van der Waals surface area contributed by atoms with Crippen molar-refractivity contribution in [2.75, 3.05) is 13.4 Å². The molecule has 19 heavy (non-hydrogen) atoms. The Morgan fingerprint density at radius 3 is 2.05 bits per heavy atom. The zero-order valence-electron chi connectivity index (χ0n) is 13.3. The summed E-state index contributed by atoms with van der Waals surface area (Å²) in [5.41, 5.74) is 0. The lowest BCUT2D eigenvalue weighted by Crippen LogP contribution is -2.32. The van der Waals surface area contributed by atoms with Crippen molar-refractivity contribution in [1.29, 1.82) is 0 Å². The number of aliphatic hydroxyl groups is 2. The molecule has 0 aliphatic heterocycles. The molecule has 0 aromatic carbocycles. The molecule has 0 spiro atoms. The van der Waals surface area contributed by atoms with Crippen LogP contribution in [0.3, 0.4) is 0 Å². The Morgan fingerprint density at radius 1 is 1.00 bits per heavy atom. The second-order valence-electron chi connectivity index (χ2n) is 6.82. The molecule has 0 rings (SSSR count). The number of hydrogen-bond donors (Lipinski definition) is 2. The highest BCUT2D eigenvalue weighted by Crippen LogP contribution is 2.13. The molecule has 0 fully saturated rings. The van der Waals surface area contributed by atoms with Gasteiger partial charge in [-0.25, -0.2) is 0 Å². The molecule has 0 aromatic heterocycles. The van der Waals surface area contributed by atoms with Gasteiger partial charge in [0.1, 0.15) is 6.79 Å². The maximum absolute atomic E-state index is 9.89. The second-order valence-corrected chi connectivity index (χ2v) is 12.4. The first-order valence-corrected chi connectivity index (χ1v) is 10.9. The van der Waals surface area contributed by atoms with E-state index in [1.807, 2.05) is 13.8 Å². The third-order valence-corrected chi connectivity index (χ3v) is 4.91. The monoisotopic (exact) mass is 292 g/mol. The standard InChI is InChI=1S/C14H32O4Si/c1-11(2)13(15)9-14(16)12(3)18-10-17-7-8-19(4,5)6/h11-16H,7-10H2,1-6H3/t12-,13-,14+/m1/s1.